The summed E-state index contributed by atoms with van der Waals surface area (Å²) in [6, 6.07) is 5.06. The molecular weight excluding hydrogens is 434 g/mol. The first-order valence-corrected chi connectivity index (χ1v) is 11.1. The first-order chi connectivity index (χ1) is 13.6. The Hall–Kier alpha value is -1.89. The third kappa shape index (κ3) is 4.34. The van der Waals surface area contributed by atoms with Gasteiger partial charge in [0.2, 0.25) is 5.91 Å². The highest BCUT2D eigenvalue weighted by Crippen LogP contribution is 2.45. The molecule has 1 aromatic carbocycles. The van der Waals surface area contributed by atoms with Crippen molar-refractivity contribution in [2.45, 2.75) is 65.3 Å². The Morgan fingerprint density at radius 2 is 1.97 bits per heavy atom. The van der Waals surface area contributed by atoms with E-state index in [1.807, 2.05) is 19.1 Å². The number of carbonyl (C=O) groups is 3. The molecule has 4 amide bonds. The summed E-state index contributed by atoms with van der Waals surface area (Å²) in [7, 11) is 0. The highest BCUT2D eigenvalue weighted by atomic mass is 79.9. The van der Waals surface area contributed by atoms with Crippen molar-refractivity contribution in [3.8, 4) is 0 Å². The third-order valence-corrected chi connectivity index (χ3v) is 7.36. The Morgan fingerprint density at radius 1 is 1.31 bits per heavy atom. The van der Waals surface area contributed by atoms with Crippen molar-refractivity contribution in [2.24, 2.45) is 11.3 Å². The molecule has 2 N–H and O–H groups in total. The zero-order valence-corrected chi connectivity index (χ0v) is 19.2. The maximum Gasteiger partial charge on any atom is 0.325 e. The van der Waals surface area contributed by atoms with Crippen molar-refractivity contribution in [2.75, 3.05) is 11.9 Å². The van der Waals surface area contributed by atoms with Crippen LogP contribution in [0.4, 0.5) is 10.5 Å². The number of benzene rings is 1. The molecule has 29 heavy (non-hydrogen) atoms. The molecule has 1 saturated heterocycles. The molecule has 3 rings (SSSR count). The molecule has 1 heterocycles. The Morgan fingerprint density at radius 3 is 2.55 bits per heavy atom. The van der Waals surface area contributed by atoms with Crippen molar-refractivity contribution in [3.63, 3.8) is 0 Å². The van der Waals surface area contributed by atoms with E-state index in [4.69, 9.17) is 0 Å². The van der Waals surface area contributed by atoms with Crippen LogP contribution < -0.4 is 10.6 Å². The van der Waals surface area contributed by atoms with E-state index in [1.165, 1.54) is 0 Å². The number of hydrogen-bond donors (Lipinski definition) is 2. The van der Waals surface area contributed by atoms with Gasteiger partial charge in [0.05, 0.1) is 0 Å². The molecule has 7 heteroatoms. The van der Waals surface area contributed by atoms with Gasteiger partial charge in [-0.2, -0.15) is 0 Å². The zero-order chi connectivity index (χ0) is 21.4. The van der Waals surface area contributed by atoms with Crippen molar-refractivity contribution in [1.29, 1.82) is 0 Å². The van der Waals surface area contributed by atoms with Gasteiger partial charge in [-0.05, 0) is 67.7 Å². The predicted molar refractivity (Wildman–Crippen MR) is 117 cm³/mol. The summed E-state index contributed by atoms with van der Waals surface area (Å²) in [5, 5.41) is 5.70. The van der Waals surface area contributed by atoms with Crippen LogP contribution in [0.3, 0.4) is 0 Å². The van der Waals surface area contributed by atoms with Gasteiger partial charge in [-0.25, -0.2) is 4.79 Å². The van der Waals surface area contributed by atoms with E-state index in [0.29, 0.717) is 24.4 Å². The van der Waals surface area contributed by atoms with Gasteiger partial charge in [-0.3, -0.25) is 14.5 Å². The van der Waals surface area contributed by atoms with Gasteiger partial charge < -0.3 is 10.6 Å². The lowest BCUT2D eigenvalue weighted by molar-refractivity contribution is -0.135. The van der Waals surface area contributed by atoms with E-state index < -0.39 is 11.6 Å². The Balaban J connectivity index is 1.64. The average Bonchev–Trinajstić information content (AvgIpc) is 2.88. The number of anilines is 1. The molecular formula is C22H30BrN3O3. The van der Waals surface area contributed by atoms with Crippen LogP contribution in [0.25, 0.3) is 0 Å². The molecule has 1 spiro atoms. The summed E-state index contributed by atoms with van der Waals surface area (Å²) in [5.41, 5.74) is 0.959. The van der Waals surface area contributed by atoms with E-state index >= 15 is 0 Å². The summed E-state index contributed by atoms with van der Waals surface area (Å²) >= 11 is 3.39. The van der Waals surface area contributed by atoms with Gasteiger partial charge in [0.1, 0.15) is 12.1 Å². The molecule has 6 nitrogen and oxygen atoms in total. The van der Waals surface area contributed by atoms with Crippen LogP contribution in [-0.4, -0.2) is 34.8 Å². The minimum Gasteiger partial charge on any atom is -0.324 e. The lowest BCUT2D eigenvalue weighted by Gasteiger charge is -2.42. The van der Waals surface area contributed by atoms with Gasteiger partial charge in [-0.1, -0.05) is 43.1 Å². The van der Waals surface area contributed by atoms with Gasteiger partial charge in [0.15, 0.2) is 0 Å². The fourth-order valence-corrected chi connectivity index (χ4v) is 4.92. The molecule has 0 radical (unpaired) electrons. The van der Waals surface area contributed by atoms with Crippen molar-refractivity contribution < 1.29 is 14.4 Å². The van der Waals surface area contributed by atoms with Crippen LogP contribution in [0, 0.1) is 18.3 Å². The molecule has 0 atom stereocenters. The van der Waals surface area contributed by atoms with Crippen molar-refractivity contribution in [1.82, 2.24) is 10.2 Å². The molecule has 1 aliphatic carbocycles. The number of rotatable bonds is 5. The molecule has 2 fully saturated rings. The standard InChI is InChI=1S/C22H30BrN3O3/c1-5-21(3,4)15-8-10-22(11-9-15)19(28)26(20(29)25-22)13-18(27)24-17-7-6-16(23)12-14(17)2/h6-7,12,15H,5,8-11,13H2,1-4H3,(H,24,27)(H,25,29). The summed E-state index contributed by atoms with van der Waals surface area (Å²) in [4.78, 5) is 39.1. The van der Waals surface area contributed by atoms with E-state index in [2.05, 4.69) is 47.3 Å². The van der Waals surface area contributed by atoms with E-state index in [1.54, 1.807) is 6.07 Å². The minimum atomic E-state index is -0.842. The Bertz CT molecular complexity index is 829. The number of nitrogens with zero attached hydrogens (tertiary/aromatic N) is 1. The first-order valence-electron chi connectivity index (χ1n) is 10.3. The SMILES string of the molecule is CCC(C)(C)C1CCC2(CC1)NC(=O)N(CC(=O)Nc1ccc(Br)cc1C)C2=O. The fraction of sp³-hybridized carbons (Fsp3) is 0.591. The Labute approximate surface area is 180 Å². The smallest absolute Gasteiger partial charge is 0.324 e. The molecule has 1 aromatic rings. The number of halogens is 1. The molecule has 2 aliphatic rings. The second kappa shape index (κ2) is 8.09. The Kier molecular flexibility index (Phi) is 6.08. The van der Waals surface area contributed by atoms with Gasteiger partial charge >= 0.3 is 6.03 Å². The highest BCUT2D eigenvalue weighted by molar-refractivity contribution is 9.10. The van der Waals surface area contributed by atoms with Crippen LogP contribution in [0.5, 0.6) is 0 Å². The van der Waals surface area contributed by atoms with Crippen molar-refractivity contribution in [3.05, 3.63) is 28.2 Å². The highest BCUT2D eigenvalue weighted by Gasteiger charge is 2.53. The van der Waals surface area contributed by atoms with E-state index in [9.17, 15) is 14.4 Å². The van der Waals surface area contributed by atoms with Crippen LogP contribution >= 0.6 is 15.9 Å². The van der Waals surface area contributed by atoms with Crippen molar-refractivity contribution >= 4 is 39.5 Å². The molecule has 1 aliphatic heterocycles. The maximum absolute atomic E-state index is 13.1. The third-order valence-electron chi connectivity index (χ3n) is 6.87. The number of carbonyl (C=O) groups excluding carboxylic acids is 3. The molecule has 0 bridgehead atoms. The summed E-state index contributed by atoms with van der Waals surface area (Å²) in [6.07, 6.45) is 4.17. The van der Waals surface area contributed by atoms with Gasteiger partial charge in [-0.15, -0.1) is 0 Å². The topological polar surface area (TPSA) is 78.5 Å². The zero-order valence-electron chi connectivity index (χ0n) is 17.6. The number of nitrogens with one attached hydrogen (secondary N) is 2. The van der Waals surface area contributed by atoms with Crippen LogP contribution in [-0.2, 0) is 9.59 Å². The number of hydrogen-bond acceptors (Lipinski definition) is 3. The van der Waals surface area contributed by atoms with Crippen LogP contribution in [0.2, 0.25) is 0 Å². The van der Waals surface area contributed by atoms with Gasteiger partial charge in [0, 0.05) is 10.2 Å². The second-order valence-corrected chi connectivity index (χ2v) is 9.94. The summed E-state index contributed by atoms with van der Waals surface area (Å²) in [6.45, 7) is 8.35. The number of imide groups is 1. The van der Waals surface area contributed by atoms with E-state index in [0.717, 1.165) is 34.2 Å². The fourth-order valence-electron chi connectivity index (χ4n) is 4.44. The monoisotopic (exact) mass is 463 g/mol. The average molecular weight is 464 g/mol. The molecule has 1 saturated carbocycles. The van der Waals surface area contributed by atoms with Crippen LogP contribution in [0.15, 0.2) is 22.7 Å². The summed E-state index contributed by atoms with van der Waals surface area (Å²) in [5.74, 6) is -0.102. The molecule has 0 aromatic heterocycles. The predicted octanol–water partition coefficient (Wildman–Crippen LogP) is 4.61. The minimum absolute atomic E-state index is 0.232. The normalized spacial score (nSPS) is 24.7. The first kappa shape index (κ1) is 21.8. The lowest BCUT2D eigenvalue weighted by atomic mass is 9.65. The summed E-state index contributed by atoms with van der Waals surface area (Å²) < 4.78 is 0.922. The molecule has 158 valence electrons. The van der Waals surface area contributed by atoms with E-state index in [-0.39, 0.29) is 23.8 Å². The maximum atomic E-state index is 13.1. The number of aryl methyl sites for hydroxylation is 1. The number of urea groups is 1. The molecule has 0 unspecified atom stereocenters. The number of amides is 4. The van der Waals surface area contributed by atoms with Gasteiger partial charge in [0.25, 0.3) is 5.91 Å². The van der Waals surface area contributed by atoms with Crippen LogP contribution in [0.1, 0.15) is 58.4 Å². The second-order valence-electron chi connectivity index (χ2n) is 9.03. The largest absolute Gasteiger partial charge is 0.325 e. The quantitative estimate of drug-likeness (QED) is 0.625. The lowest BCUT2D eigenvalue weighted by Crippen LogP contribution is -2.51.